The molecule has 0 saturated carbocycles. The molecule has 0 heterocycles. The summed E-state index contributed by atoms with van der Waals surface area (Å²) in [7, 11) is 0. The second-order valence-corrected chi connectivity index (χ2v) is 11.9. The van der Waals surface area contributed by atoms with E-state index in [-0.39, 0.29) is 47.7 Å². The highest BCUT2D eigenvalue weighted by Crippen LogP contribution is 2.07. The van der Waals surface area contributed by atoms with Crippen molar-refractivity contribution in [1.29, 1.82) is 0 Å². The van der Waals surface area contributed by atoms with E-state index < -0.39 is 0 Å². The van der Waals surface area contributed by atoms with Crippen molar-refractivity contribution in [3.05, 3.63) is 0 Å². The van der Waals surface area contributed by atoms with Crippen LogP contribution in [0.15, 0.2) is 0 Å². The van der Waals surface area contributed by atoms with Gasteiger partial charge in [-0.2, -0.15) is 0 Å². The Kier molecular flexibility index (Phi) is 27.2. The van der Waals surface area contributed by atoms with Gasteiger partial charge < -0.3 is 10.1 Å². The quantitative estimate of drug-likeness (QED) is 0.309. The third kappa shape index (κ3) is 34.4. The van der Waals surface area contributed by atoms with E-state index in [1.807, 2.05) is 83.1 Å². The lowest BCUT2D eigenvalue weighted by Crippen LogP contribution is -2.33. The van der Waals surface area contributed by atoms with E-state index in [9.17, 15) is 19.2 Å². The van der Waals surface area contributed by atoms with Gasteiger partial charge in [0.25, 0.3) is 0 Å². The number of hydrogen-bond donors (Lipinski definition) is 1. The monoisotopic (exact) mass is 515 g/mol. The number of carbonyl (C=O) groups is 4. The number of carbonyl (C=O) groups excluding carboxylic acids is 4. The van der Waals surface area contributed by atoms with Gasteiger partial charge in [0.1, 0.15) is 11.6 Å². The average Bonchev–Trinajstić information content (AvgIpc) is 2.67. The van der Waals surface area contributed by atoms with Gasteiger partial charge >= 0.3 is 5.97 Å². The van der Waals surface area contributed by atoms with Crippen LogP contribution in [-0.2, 0) is 23.9 Å². The van der Waals surface area contributed by atoms with Crippen LogP contribution in [0.25, 0.3) is 0 Å². The first-order valence-corrected chi connectivity index (χ1v) is 13.7. The highest BCUT2D eigenvalue weighted by atomic mass is 16.5. The number of rotatable bonds is 10. The maximum absolute atomic E-state index is 11.0. The van der Waals surface area contributed by atoms with E-state index in [0.29, 0.717) is 23.4 Å². The Morgan fingerprint density at radius 2 is 0.861 bits per heavy atom. The fourth-order valence-corrected chi connectivity index (χ4v) is 2.10. The Morgan fingerprint density at radius 1 is 0.528 bits per heavy atom. The Morgan fingerprint density at radius 3 is 0.944 bits per heavy atom. The van der Waals surface area contributed by atoms with Crippen LogP contribution in [0.3, 0.4) is 0 Å². The fourth-order valence-electron chi connectivity index (χ4n) is 2.10. The van der Waals surface area contributed by atoms with Crippen LogP contribution in [0, 0.1) is 35.5 Å². The number of Topliss-reactive ketones (excluding diaryl/α,β-unsaturated/α-hetero) is 2. The van der Waals surface area contributed by atoms with Crippen LogP contribution < -0.4 is 5.32 Å². The molecule has 0 aromatic carbocycles. The van der Waals surface area contributed by atoms with Gasteiger partial charge in [-0.3, -0.25) is 19.2 Å². The summed E-state index contributed by atoms with van der Waals surface area (Å²) in [5.74, 6) is 2.32. The highest BCUT2D eigenvalue weighted by Gasteiger charge is 2.10. The lowest BCUT2D eigenvalue weighted by Gasteiger charge is -2.09. The normalized spacial score (nSPS) is 10.7. The van der Waals surface area contributed by atoms with Crippen LogP contribution >= 0.6 is 0 Å². The fraction of sp³-hybridized carbons (Fsp3) is 0.867. The molecule has 0 atom stereocenters. The number of hydrogen-bond acceptors (Lipinski definition) is 5. The molecule has 36 heavy (non-hydrogen) atoms. The van der Waals surface area contributed by atoms with E-state index in [1.165, 1.54) is 0 Å². The first-order chi connectivity index (χ1) is 16.1. The Bertz CT molecular complexity index is 484. The van der Waals surface area contributed by atoms with Crippen molar-refractivity contribution in [2.45, 2.75) is 136 Å². The minimum absolute atomic E-state index is 0.00704. The summed E-state index contributed by atoms with van der Waals surface area (Å²) in [5.41, 5.74) is 0. The summed E-state index contributed by atoms with van der Waals surface area (Å²) in [4.78, 5) is 43.5. The minimum Gasteiger partial charge on any atom is -0.463 e. The van der Waals surface area contributed by atoms with Crippen molar-refractivity contribution in [2.75, 3.05) is 0 Å². The highest BCUT2D eigenvalue weighted by molar-refractivity contribution is 5.80. The summed E-state index contributed by atoms with van der Waals surface area (Å²) >= 11 is 0. The molecule has 216 valence electrons. The molecular weight excluding hydrogens is 454 g/mol. The van der Waals surface area contributed by atoms with E-state index in [0.717, 1.165) is 12.8 Å². The van der Waals surface area contributed by atoms with Crippen molar-refractivity contribution in [1.82, 2.24) is 5.32 Å². The van der Waals surface area contributed by atoms with Crippen LogP contribution in [0.4, 0.5) is 0 Å². The van der Waals surface area contributed by atoms with E-state index in [4.69, 9.17) is 4.74 Å². The van der Waals surface area contributed by atoms with E-state index in [1.54, 1.807) is 0 Å². The van der Waals surface area contributed by atoms with Gasteiger partial charge in [0, 0.05) is 36.6 Å². The molecule has 0 saturated heterocycles. The topological polar surface area (TPSA) is 89.5 Å². The van der Waals surface area contributed by atoms with Gasteiger partial charge in [-0.05, 0) is 39.5 Å². The molecule has 1 amide bonds. The number of amides is 1. The number of ether oxygens (including phenoxy) is 1. The van der Waals surface area contributed by atoms with Gasteiger partial charge in [-0.15, -0.1) is 0 Å². The summed E-state index contributed by atoms with van der Waals surface area (Å²) in [5, 5.41) is 2.80. The van der Waals surface area contributed by atoms with Gasteiger partial charge in [-0.1, -0.05) is 83.1 Å². The van der Waals surface area contributed by atoms with Crippen molar-refractivity contribution in [2.24, 2.45) is 35.5 Å². The van der Waals surface area contributed by atoms with Gasteiger partial charge in [0.05, 0.1) is 12.0 Å². The molecule has 0 aliphatic heterocycles. The molecule has 0 aromatic heterocycles. The average molecular weight is 516 g/mol. The maximum Gasteiger partial charge on any atom is 0.308 e. The summed E-state index contributed by atoms with van der Waals surface area (Å²) in [6, 6.07) is 0.264. The molecule has 0 spiro atoms. The second-order valence-electron chi connectivity index (χ2n) is 11.9. The van der Waals surface area contributed by atoms with E-state index in [2.05, 4.69) is 33.0 Å². The van der Waals surface area contributed by atoms with Crippen molar-refractivity contribution < 1.29 is 23.9 Å². The predicted octanol–water partition coefficient (Wildman–Crippen LogP) is 7.28. The van der Waals surface area contributed by atoms with Gasteiger partial charge in [0.15, 0.2) is 0 Å². The molecule has 6 heteroatoms. The zero-order valence-corrected chi connectivity index (χ0v) is 26.6. The van der Waals surface area contributed by atoms with Crippen molar-refractivity contribution >= 4 is 23.4 Å². The molecule has 0 fully saturated rings. The van der Waals surface area contributed by atoms with Gasteiger partial charge in [0.2, 0.25) is 5.91 Å². The second kappa shape index (κ2) is 23.7. The Hall–Kier alpha value is -1.72. The molecule has 0 unspecified atom stereocenters. The molecule has 0 rings (SSSR count). The molecule has 6 nitrogen and oxygen atoms in total. The largest absolute Gasteiger partial charge is 0.463 e. The first-order valence-electron chi connectivity index (χ1n) is 13.7. The van der Waals surface area contributed by atoms with Crippen LogP contribution in [0.2, 0.25) is 0 Å². The van der Waals surface area contributed by atoms with Crippen LogP contribution in [0.5, 0.6) is 0 Å². The molecule has 0 aromatic rings. The summed E-state index contributed by atoms with van der Waals surface area (Å²) < 4.78 is 4.87. The van der Waals surface area contributed by atoms with Crippen molar-refractivity contribution in [3.8, 4) is 0 Å². The smallest absolute Gasteiger partial charge is 0.308 e. The predicted molar refractivity (Wildman–Crippen MR) is 153 cm³/mol. The zero-order chi connectivity index (χ0) is 29.8. The molecule has 1 N–H and O–H groups in total. The third-order valence-electron chi connectivity index (χ3n) is 4.29. The van der Waals surface area contributed by atoms with E-state index >= 15 is 0 Å². The summed E-state index contributed by atoms with van der Waals surface area (Å²) in [6.45, 7) is 31.1. The standard InChI is InChI=1S/2C8H16O.C7H15NO.C7H14O2/c2*1-6(2)5-8(9)7(3)4;1-5(2)7(9)8-6(3)4;1-5(2)7(8)9-6(3)4/h2*6-7H,5H2,1-4H3;5-6H,1-4H3,(H,8,9);5-6H,1-4H3. The van der Waals surface area contributed by atoms with Crippen LogP contribution in [0.1, 0.15) is 124 Å². The Balaban J connectivity index is -0.000000190. The molecule has 0 aliphatic rings. The maximum atomic E-state index is 11.0. The van der Waals surface area contributed by atoms with Crippen molar-refractivity contribution in [3.63, 3.8) is 0 Å². The van der Waals surface area contributed by atoms with Crippen LogP contribution in [-0.4, -0.2) is 35.6 Å². The minimum atomic E-state index is -0.120. The summed E-state index contributed by atoms with van der Waals surface area (Å²) in [6.07, 6.45) is 1.48. The third-order valence-corrected chi connectivity index (χ3v) is 4.29. The molecular formula is C30H61NO5. The molecule has 0 aliphatic carbocycles. The first kappa shape index (κ1) is 41.4. The Labute approximate surface area is 224 Å². The molecule has 0 bridgehead atoms. The number of esters is 1. The lowest BCUT2D eigenvalue weighted by atomic mass is 9.99. The zero-order valence-electron chi connectivity index (χ0n) is 26.6. The SMILES string of the molecule is CC(C)CC(=O)C(C)C.CC(C)CC(=O)C(C)C.CC(C)NC(=O)C(C)C.CC(C)OC(=O)C(C)C. The lowest BCUT2D eigenvalue weighted by molar-refractivity contribution is -0.151. The number of nitrogens with one attached hydrogen (secondary N) is 1. The number of ketones is 2. The van der Waals surface area contributed by atoms with Gasteiger partial charge in [-0.25, -0.2) is 0 Å². The molecule has 0 radical (unpaired) electrons.